The molecule has 9 atom stereocenters. The number of fused-ring (bicyclic) bond motifs is 3. The number of aromatic nitrogens is 8. The number of nitrogen functional groups attached to an aromatic ring is 2. The van der Waals surface area contributed by atoms with Crippen LogP contribution in [0, 0.1) is 0 Å². The third-order valence-electron chi connectivity index (χ3n) is 10.2. The number of carbonyl (C=O) groups is 1. The number of aromatic amines is 1. The zero-order chi connectivity index (χ0) is 44.9. The molecule has 0 amide bonds. The van der Waals surface area contributed by atoms with Gasteiger partial charge in [-0.15, -0.1) is 0 Å². The van der Waals surface area contributed by atoms with Crippen LogP contribution in [-0.4, -0.2) is 107 Å². The zero-order valence-electron chi connectivity index (χ0n) is 33.9. The van der Waals surface area contributed by atoms with Gasteiger partial charge in [0, 0.05) is 19.3 Å². The molecule has 2 saturated heterocycles. The smallest absolute Gasteiger partial charge is 0.427 e. The van der Waals surface area contributed by atoms with Crippen LogP contribution >= 0.6 is 25.8 Å². The summed E-state index contributed by atoms with van der Waals surface area (Å²) >= 11 is 0.794. The molecule has 22 nitrogen and oxygen atoms in total. The SMILES string of the molecule is CCCCCCCC(=O)Oc1ccc(CSP2(=O)CO[C@H]3[C@@H](F)[C@H](n4cnc5c(N)ncnc54)O[C@@H]3COP(=O)(O)O[C@@H](n3cnc4c(=O)[nH]c(N)nc43)[C@H](F)[C@H](OC)CO2)cc1. The number of rotatable bonds is 13. The van der Waals surface area contributed by atoms with Crippen molar-refractivity contribution in [3.05, 3.63) is 59.2 Å². The molecule has 63 heavy (non-hydrogen) atoms. The second-order valence-electron chi connectivity index (χ2n) is 14.6. The molecule has 342 valence electrons. The molecule has 1 aromatic carbocycles. The van der Waals surface area contributed by atoms with E-state index in [2.05, 4.69) is 36.8 Å². The topological polar surface area (TPSA) is 295 Å². The van der Waals surface area contributed by atoms with E-state index in [-0.39, 0.29) is 52.2 Å². The molecule has 2 aliphatic heterocycles. The summed E-state index contributed by atoms with van der Waals surface area (Å²) in [5.74, 6) is -0.395. The van der Waals surface area contributed by atoms with E-state index in [1.165, 1.54) is 10.9 Å². The molecule has 0 radical (unpaired) electrons. The fraction of sp³-hybridized carbons (Fsp3) is 0.528. The summed E-state index contributed by atoms with van der Waals surface area (Å²) in [4.78, 5) is 58.4. The van der Waals surface area contributed by atoms with E-state index in [0.29, 0.717) is 11.3 Å². The van der Waals surface area contributed by atoms with Crippen molar-refractivity contribution in [1.29, 1.82) is 0 Å². The molecule has 5 aromatic rings. The number of nitrogens with two attached hydrogens (primary N) is 2. The highest BCUT2D eigenvalue weighted by Crippen LogP contribution is 2.62. The third kappa shape index (κ3) is 10.9. The number of hydrogen-bond donors (Lipinski definition) is 4. The number of carbonyl (C=O) groups excluding carboxylic acids is 1. The summed E-state index contributed by atoms with van der Waals surface area (Å²) in [6.07, 6.45) is -5.37. The van der Waals surface area contributed by atoms with Gasteiger partial charge in [0.15, 0.2) is 47.4 Å². The van der Waals surface area contributed by atoms with Crippen molar-refractivity contribution < 1.29 is 60.1 Å². The lowest BCUT2D eigenvalue weighted by Crippen LogP contribution is -2.38. The second-order valence-corrected chi connectivity index (χ2v) is 20.7. The van der Waals surface area contributed by atoms with Gasteiger partial charge in [-0.1, -0.05) is 56.1 Å². The molecule has 6 heterocycles. The molecule has 0 aliphatic carbocycles. The third-order valence-corrected chi connectivity index (χ3v) is 15.2. The van der Waals surface area contributed by atoms with E-state index in [1.807, 2.05) is 0 Å². The minimum Gasteiger partial charge on any atom is -0.427 e. The maximum absolute atomic E-state index is 16.8. The van der Waals surface area contributed by atoms with Crippen LogP contribution in [-0.2, 0) is 47.5 Å². The molecule has 6 N–H and O–H groups in total. The number of imidazole rings is 2. The van der Waals surface area contributed by atoms with Crippen molar-refractivity contribution >= 4 is 65.8 Å². The van der Waals surface area contributed by atoms with Crippen LogP contribution in [0.4, 0.5) is 20.5 Å². The molecule has 0 saturated carbocycles. The highest BCUT2D eigenvalue weighted by Gasteiger charge is 2.50. The highest BCUT2D eigenvalue weighted by atomic mass is 32.7. The van der Waals surface area contributed by atoms with Gasteiger partial charge in [0.2, 0.25) is 5.95 Å². The van der Waals surface area contributed by atoms with E-state index < -0.39 is 82.6 Å². The first-order valence-corrected chi connectivity index (χ1v) is 24.7. The van der Waals surface area contributed by atoms with Crippen molar-refractivity contribution in [3.63, 3.8) is 0 Å². The molecule has 7 rings (SSSR count). The molecule has 2 fully saturated rings. The Bertz CT molecular complexity index is 2540. The van der Waals surface area contributed by atoms with Crippen LogP contribution in [0.3, 0.4) is 0 Å². The minimum absolute atomic E-state index is 0.00547. The Balaban J connectivity index is 1.16. The minimum atomic E-state index is -5.35. The molecule has 4 aromatic heterocycles. The molecular formula is C36H46F2N10O12P2S. The van der Waals surface area contributed by atoms with Crippen molar-refractivity contribution in [2.45, 2.75) is 94.3 Å². The number of nitrogens with zero attached hydrogens (tertiary/aromatic N) is 7. The Labute approximate surface area is 361 Å². The van der Waals surface area contributed by atoms with Gasteiger partial charge >= 0.3 is 13.8 Å². The normalized spacial score (nSPS) is 28.5. The Morgan fingerprint density at radius 2 is 1.70 bits per heavy atom. The van der Waals surface area contributed by atoms with E-state index in [9.17, 15) is 23.6 Å². The van der Waals surface area contributed by atoms with E-state index in [1.54, 1.807) is 24.3 Å². The number of ether oxygens (including phenoxy) is 4. The highest BCUT2D eigenvalue weighted by molar-refractivity contribution is 8.56. The van der Waals surface area contributed by atoms with Crippen LogP contribution in [0.5, 0.6) is 5.75 Å². The van der Waals surface area contributed by atoms with Gasteiger partial charge in [0.1, 0.15) is 42.3 Å². The summed E-state index contributed by atoms with van der Waals surface area (Å²) in [5.41, 5.74) is 11.1. The van der Waals surface area contributed by atoms with Crippen molar-refractivity contribution in [2.75, 3.05) is 38.1 Å². The predicted octanol–water partition coefficient (Wildman–Crippen LogP) is 5.11. The lowest BCUT2D eigenvalue weighted by molar-refractivity contribution is -0.134. The number of anilines is 2. The van der Waals surface area contributed by atoms with Crippen LogP contribution in [0.1, 0.15) is 63.5 Å². The van der Waals surface area contributed by atoms with Crippen molar-refractivity contribution in [1.82, 2.24) is 39.0 Å². The number of unbranched alkanes of at least 4 members (excludes halogenated alkanes) is 4. The summed E-state index contributed by atoms with van der Waals surface area (Å²) in [6.45, 7) is -3.69. The van der Waals surface area contributed by atoms with Crippen molar-refractivity contribution in [3.8, 4) is 5.75 Å². The average Bonchev–Trinajstić information content (AvgIpc) is 3.96. The number of nitrogens with one attached hydrogen (secondary N) is 1. The molecule has 2 aliphatic rings. The Morgan fingerprint density at radius 3 is 2.44 bits per heavy atom. The molecule has 27 heteroatoms. The Kier molecular flexibility index (Phi) is 14.9. The summed E-state index contributed by atoms with van der Waals surface area (Å²) < 4.78 is 103. The first kappa shape index (κ1) is 46.6. The van der Waals surface area contributed by atoms with E-state index in [0.717, 1.165) is 67.8 Å². The van der Waals surface area contributed by atoms with E-state index >= 15 is 8.78 Å². The van der Waals surface area contributed by atoms with Gasteiger partial charge in [-0.2, -0.15) is 4.98 Å². The number of esters is 1. The summed E-state index contributed by atoms with van der Waals surface area (Å²) in [7, 11) is -4.25. The quantitative estimate of drug-likeness (QED) is 0.0516. The van der Waals surface area contributed by atoms with Gasteiger partial charge in [-0.05, 0) is 24.1 Å². The summed E-state index contributed by atoms with van der Waals surface area (Å²) in [6, 6.07) is 6.49. The lowest BCUT2D eigenvalue weighted by Gasteiger charge is -2.31. The number of hydrogen-bond acceptors (Lipinski definition) is 19. The van der Waals surface area contributed by atoms with Gasteiger partial charge in [-0.3, -0.25) is 37.3 Å². The monoisotopic (exact) mass is 942 g/mol. The molecular weight excluding hydrogens is 896 g/mol. The molecule has 2 unspecified atom stereocenters. The number of benzene rings is 1. The van der Waals surface area contributed by atoms with Gasteiger partial charge in [-0.25, -0.2) is 33.3 Å². The Hall–Kier alpha value is -4.42. The van der Waals surface area contributed by atoms with Crippen LogP contribution in [0.15, 0.2) is 48.0 Å². The number of H-pyrrole nitrogens is 1. The average molecular weight is 943 g/mol. The van der Waals surface area contributed by atoms with E-state index in [4.69, 9.17) is 44.0 Å². The number of alkyl halides is 2. The summed E-state index contributed by atoms with van der Waals surface area (Å²) in [5, 5.41) is 0. The van der Waals surface area contributed by atoms with Gasteiger partial charge in [0.05, 0.1) is 25.9 Å². The number of halogens is 2. The molecule has 0 spiro atoms. The van der Waals surface area contributed by atoms with Gasteiger partial charge in [0.25, 0.3) is 12.1 Å². The Morgan fingerprint density at radius 1 is 0.968 bits per heavy atom. The maximum Gasteiger partial charge on any atom is 0.474 e. The maximum atomic E-state index is 16.8. The largest absolute Gasteiger partial charge is 0.474 e. The first-order chi connectivity index (χ1) is 30.2. The second kappa shape index (κ2) is 20.2. The fourth-order valence-electron chi connectivity index (χ4n) is 6.87. The lowest BCUT2D eigenvalue weighted by atomic mass is 10.1. The van der Waals surface area contributed by atoms with Crippen molar-refractivity contribution in [2.24, 2.45) is 0 Å². The molecule has 0 bridgehead atoms. The number of methoxy groups -OCH3 is 1. The predicted molar refractivity (Wildman–Crippen MR) is 223 cm³/mol. The standard InChI is InChI=1S/C36H46F2N10O12P2S/c1-3-4-5-6-7-8-24(49)58-21-11-9-20(10-12-21)15-63-61(51)19-55-29-23(59-34(26(29)38)47-17-43-27-30(39)41-16-42-31(27)47)14-57-62(52,53)60-35(25(37)22(54-2)13-56-61)48-18-44-28-32(48)45-36(40)46-33(28)50/h9-12,16-18,22-23,25-26,29,34-35H,3-8,13-15,19H2,1-2H3,(H,52,53)(H2,39,41,42)(H3,40,45,46,50)/t22-,23-,25-,26-,29-,34-,35-,61?/m1/s1. The zero-order valence-corrected chi connectivity index (χ0v) is 36.5. The van der Waals surface area contributed by atoms with Crippen LogP contribution in [0.25, 0.3) is 22.3 Å². The fourth-order valence-corrected chi connectivity index (χ4v) is 11.1. The van der Waals surface area contributed by atoms with Crippen LogP contribution in [0.2, 0.25) is 0 Å². The van der Waals surface area contributed by atoms with Gasteiger partial charge < -0.3 is 39.8 Å². The number of phosphoric ester groups is 1. The first-order valence-electron chi connectivity index (χ1n) is 19.8. The number of phosphoric acid groups is 1. The van der Waals surface area contributed by atoms with Crippen LogP contribution < -0.4 is 21.8 Å².